The quantitative estimate of drug-likeness (QED) is 0.326. The zero-order chi connectivity index (χ0) is 27.0. The average Bonchev–Trinajstić information content (AvgIpc) is 2.51. The molecule has 0 saturated heterocycles. The Morgan fingerprint density at radius 2 is 0.438 bits per heavy atom. The fourth-order valence-electron chi connectivity index (χ4n) is 1.54. The first-order valence-electron chi connectivity index (χ1n) is 6.42. The van der Waals surface area contributed by atoms with Crippen LogP contribution in [0.25, 0.3) is 0 Å². The Balaban J connectivity index is 7.00. The lowest BCUT2D eigenvalue weighted by Gasteiger charge is -2.43. The highest BCUT2D eigenvalue weighted by atomic mass is 19.4. The first-order chi connectivity index (χ1) is 13.2. The van der Waals surface area contributed by atoms with Crippen LogP contribution in [0.15, 0.2) is 0 Å². The van der Waals surface area contributed by atoms with Crippen molar-refractivity contribution in [3.63, 3.8) is 0 Å². The molecule has 0 aliphatic rings. The fraction of sp³-hybridized carbons (Fsp3) is 1.00. The van der Waals surface area contributed by atoms with Crippen LogP contribution in [0.2, 0.25) is 0 Å². The molecule has 0 aromatic heterocycles. The molecule has 0 aliphatic carbocycles. The van der Waals surface area contributed by atoms with E-state index in [1.807, 2.05) is 0 Å². The Morgan fingerprint density at radius 1 is 0.250 bits per heavy atom. The average molecular weight is 535 g/mol. The third kappa shape index (κ3) is 3.41. The second-order valence-corrected chi connectivity index (χ2v) is 5.61. The van der Waals surface area contributed by atoms with Gasteiger partial charge in [0.2, 0.25) is 0 Å². The standard InChI is InChI=1S/C10F21O/c11-1(12,3(15,16)5(19,20)7(23,24)9(26,27)28)2(13,14)4(17,18)6(21,22)8(25,32)10(29,30)31. The fourth-order valence-corrected chi connectivity index (χ4v) is 1.54. The summed E-state index contributed by atoms with van der Waals surface area (Å²) in [5.41, 5.74) is 0. The molecule has 0 aliphatic heterocycles. The van der Waals surface area contributed by atoms with E-state index < -0.39 is 59.7 Å². The van der Waals surface area contributed by atoms with E-state index in [1.54, 1.807) is 0 Å². The summed E-state index contributed by atoms with van der Waals surface area (Å²) in [5.74, 6) is -71.0. The number of hydrogen-bond donors (Lipinski definition) is 0. The monoisotopic (exact) mass is 535 g/mol. The van der Waals surface area contributed by atoms with Gasteiger partial charge < -0.3 is 0 Å². The molecule has 0 bridgehead atoms. The van der Waals surface area contributed by atoms with E-state index in [-0.39, 0.29) is 0 Å². The molecule has 0 aromatic rings. The number of rotatable bonds is 7. The summed E-state index contributed by atoms with van der Waals surface area (Å²) in [4.78, 5) is 0. The zero-order valence-corrected chi connectivity index (χ0v) is 13.3. The maximum absolute atomic E-state index is 13.1. The van der Waals surface area contributed by atoms with Crippen molar-refractivity contribution < 1.29 is 97.3 Å². The van der Waals surface area contributed by atoms with Crippen LogP contribution in [0.1, 0.15) is 0 Å². The van der Waals surface area contributed by atoms with Crippen LogP contribution >= 0.6 is 0 Å². The molecule has 22 heteroatoms. The summed E-state index contributed by atoms with van der Waals surface area (Å²) in [6, 6.07) is 0. The van der Waals surface area contributed by atoms with Crippen LogP contribution in [-0.2, 0) is 5.11 Å². The van der Waals surface area contributed by atoms with Crippen molar-refractivity contribution in [2.75, 3.05) is 0 Å². The molecule has 1 radical (unpaired) electrons. The molecule has 0 N–H and O–H groups in total. The Labute approximate surface area is 158 Å². The minimum atomic E-state index is -9.22. The maximum Gasteiger partial charge on any atom is 0.460 e. The van der Waals surface area contributed by atoms with Crippen LogP contribution in [-0.4, -0.2) is 59.7 Å². The predicted molar refractivity (Wildman–Crippen MR) is 51.3 cm³/mol. The third-order valence-electron chi connectivity index (χ3n) is 3.49. The normalized spacial score (nSPS) is 18.6. The van der Waals surface area contributed by atoms with Gasteiger partial charge in [0.05, 0.1) is 0 Å². The van der Waals surface area contributed by atoms with Gasteiger partial charge in [0, 0.05) is 0 Å². The van der Waals surface area contributed by atoms with Gasteiger partial charge in [0.25, 0.3) is 0 Å². The first kappa shape index (κ1) is 30.5. The van der Waals surface area contributed by atoms with Gasteiger partial charge in [-0.3, -0.25) is 0 Å². The molecule has 193 valence electrons. The molecule has 32 heavy (non-hydrogen) atoms. The van der Waals surface area contributed by atoms with Gasteiger partial charge in [-0.05, 0) is 0 Å². The van der Waals surface area contributed by atoms with E-state index in [1.165, 1.54) is 0 Å². The molecule has 0 heterocycles. The lowest BCUT2D eigenvalue weighted by atomic mass is 9.87. The van der Waals surface area contributed by atoms with Gasteiger partial charge in [0.15, 0.2) is 0 Å². The second-order valence-electron chi connectivity index (χ2n) is 5.61. The van der Waals surface area contributed by atoms with Gasteiger partial charge in [-0.15, -0.1) is 0 Å². The van der Waals surface area contributed by atoms with E-state index in [9.17, 15) is 97.3 Å². The van der Waals surface area contributed by atoms with E-state index in [2.05, 4.69) is 0 Å². The smallest absolute Gasteiger partial charge is 0.192 e. The zero-order valence-electron chi connectivity index (χ0n) is 13.3. The van der Waals surface area contributed by atoms with E-state index in [0.717, 1.165) is 0 Å². The van der Waals surface area contributed by atoms with Gasteiger partial charge >= 0.3 is 59.7 Å². The lowest BCUT2D eigenvalue weighted by Crippen LogP contribution is -2.77. The molecule has 0 fully saturated rings. The van der Waals surface area contributed by atoms with Gasteiger partial charge in [-0.25, -0.2) is 0 Å². The Morgan fingerprint density at radius 3 is 0.625 bits per heavy atom. The van der Waals surface area contributed by atoms with Crippen LogP contribution in [0.5, 0.6) is 0 Å². The Hall–Kier alpha value is -1.51. The van der Waals surface area contributed by atoms with Gasteiger partial charge in [-0.2, -0.15) is 97.3 Å². The maximum atomic E-state index is 13.1. The summed E-state index contributed by atoms with van der Waals surface area (Å²) in [6.45, 7) is 0. The lowest BCUT2D eigenvalue weighted by molar-refractivity contribution is -0.491. The SMILES string of the molecule is [O]C(F)(C(F)(F)F)C(F)(F)C(F)(F)C(F)(F)C(F)(F)C(F)(F)C(F)(F)C(F)(F)C(F)(F)F. The minimum absolute atomic E-state index is 7.92. The molecule has 1 unspecified atom stereocenters. The molecule has 1 nitrogen and oxygen atoms in total. The predicted octanol–water partition coefficient (Wildman–Crippen LogP) is 6.65. The van der Waals surface area contributed by atoms with Crippen LogP contribution in [0.3, 0.4) is 0 Å². The minimum Gasteiger partial charge on any atom is -0.192 e. The summed E-state index contributed by atoms with van der Waals surface area (Å²) in [5, 5.41) is 10.1. The number of halogens is 21. The van der Waals surface area contributed by atoms with Crippen LogP contribution < -0.4 is 0 Å². The van der Waals surface area contributed by atoms with Crippen molar-refractivity contribution in [1.29, 1.82) is 0 Å². The summed E-state index contributed by atoms with van der Waals surface area (Å²) in [6.07, 6.45) is -15.9. The first-order valence-corrected chi connectivity index (χ1v) is 6.42. The largest absolute Gasteiger partial charge is 0.460 e. The molecule has 0 saturated carbocycles. The van der Waals surface area contributed by atoms with Crippen molar-refractivity contribution in [2.24, 2.45) is 0 Å². The van der Waals surface area contributed by atoms with Crippen LogP contribution in [0.4, 0.5) is 92.2 Å². The van der Waals surface area contributed by atoms with Gasteiger partial charge in [0.1, 0.15) is 0 Å². The molecule has 1 atom stereocenters. The summed E-state index contributed by atoms with van der Waals surface area (Å²) < 4.78 is 264. The van der Waals surface area contributed by atoms with E-state index in [0.29, 0.717) is 0 Å². The van der Waals surface area contributed by atoms with Crippen molar-refractivity contribution in [1.82, 2.24) is 0 Å². The van der Waals surface area contributed by atoms with E-state index in [4.69, 9.17) is 0 Å². The number of hydrogen-bond acceptors (Lipinski definition) is 0. The van der Waals surface area contributed by atoms with Crippen molar-refractivity contribution in [3.8, 4) is 0 Å². The van der Waals surface area contributed by atoms with E-state index >= 15 is 0 Å². The molecule has 0 rings (SSSR count). The van der Waals surface area contributed by atoms with Crippen LogP contribution in [0, 0.1) is 0 Å². The van der Waals surface area contributed by atoms with Gasteiger partial charge in [-0.1, -0.05) is 0 Å². The highest BCUT2D eigenvalue weighted by Crippen LogP contribution is 2.65. The highest BCUT2D eigenvalue weighted by molar-refractivity contribution is 5.17. The molecule has 0 spiro atoms. The van der Waals surface area contributed by atoms with Crippen molar-refractivity contribution in [3.05, 3.63) is 0 Å². The molecular formula is C10F21O. The third-order valence-corrected chi connectivity index (χ3v) is 3.49. The van der Waals surface area contributed by atoms with Crippen molar-refractivity contribution >= 4 is 0 Å². The van der Waals surface area contributed by atoms with Crippen molar-refractivity contribution in [2.45, 2.75) is 59.7 Å². The Bertz CT molecular complexity index is 632. The topological polar surface area (TPSA) is 19.9 Å². The summed E-state index contributed by atoms with van der Waals surface area (Å²) in [7, 11) is 0. The Kier molecular flexibility index (Phi) is 6.67. The highest BCUT2D eigenvalue weighted by Gasteiger charge is 2.98. The summed E-state index contributed by atoms with van der Waals surface area (Å²) >= 11 is 0. The molecular weight excluding hydrogens is 535 g/mol. The number of alkyl halides is 21. The second kappa shape index (κ2) is 7.00. The molecule has 0 amide bonds. The molecule has 0 aromatic carbocycles.